The first-order chi connectivity index (χ1) is 12.5. The molecule has 146 valence electrons. The van der Waals surface area contributed by atoms with E-state index in [2.05, 4.69) is 4.98 Å². The van der Waals surface area contributed by atoms with Crippen molar-refractivity contribution >= 4 is 24.2 Å². The summed E-state index contributed by atoms with van der Waals surface area (Å²) in [7, 11) is 0. The quantitative estimate of drug-likeness (QED) is 0.582. The average molecular weight is 398 g/mol. The third-order valence-electron chi connectivity index (χ3n) is 4.07. The van der Waals surface area contributed by atoms with Crippen LogP contribution >= 0.6 is 12.4 Å². The molecule has 1 aliphatic rings. The second-order valence-electron chi connectivity index (χ2n) is 5.90. The summed E-state index contributed by atoms with van der Waals surface area (Å²) in [6.45, 7) is -0.492. The van der Waals surface area contributed by atoms with Crippen LogP contribution in [0, 0.1) is 0 Å². The number of ether oxygens (including phenoxy) is 2. The molecule has 3 rings (SSSR count). The lowest BCUT2D eigenvalue weighted by Gasteiger charge is -2.20. The molecule has 4 atom stereocenters. The Hall–Kier alpha value is -2.46. The molecule has 2 aromatic rings. The minimum Gasteiger partial charge on any atom is -0.456 e. The van der Waals surface area contributed by atoms with E-state index in [9.17, 15) is 19.8 Å². The first-order valence-electron chi connectivity index (χ1n) is 8.02. The fourth-order valence-electron chi connectivity index (χ4n) is 2.82. The number of hydrogen-bond acceptors (Lipinski definition) is 8. The SMILES string of the molecule is Cl.Nc1ccn([C@@H]2O[C@H](CO)[C@@H](OC(=O)Cc3ccccc3)[C@@H]2O)c(=O)n1. The summed E-state index contributed by atoms with van der Waals surface area (Å²) in [4.78, 5) is 27.7. The van der Waals surface area contributed by atoms with Gasteiger partial charge in [0.25, 0.3) is 0 Å². The first kappa shape index (κ1) is 20.8. The van der Waals surface area contributed by atoms with Crippen molar-refractivity contribution in [2.45, 2.75) is 31.0 Å². The van der Waals surface area contributed by atoms with Gasteiger partial charge in [-0.1, -0.05) is 30.3 Å². The van der Waals surface area contributed by atoms with Crippen molar-refractivity contribution in [2.24, 2.45) is 0 Å². The van der Waals surface area contributed by atoms with Gasteiger partial charge in [0.1, 0.15) is 18.0 Å². The monoisotopic (exact) mass is 397 g/mol. The molecule has 2 heterocycles. The number of aliphatic hydroxyl groups is 2. The summed E-state index contributed by atoms with van der Waals surface area (Å²) in [6, 6.07) is 10.3. The van der Waals surface area contributed by atoms with E-state index in [4.69, 9.17) is 15.2 Å². The molecular weight excluding hydrogens is 378 g/mol. The Kier molecular flexibility index (Phi) is 6.92. The Morgan fingerprint density at radius 2 is 2.00 bits per heavy atom. The summed E-state index contributed by atoms with van der Waals surface area (Å²) < 4.78 is 11.8. The molecule has 0 spiro atoms. The number of aliphatic hydroxyl groups excluding tert-OH is 2. The van der Waals surface area contributed by atoms with Gasteiger partial charge in [-0.25, -0.2) is 4.79 Å². The van der Waals surface area contributed by atoms with Crippen molar-refractivity contribution in [3.8, 4) is 0 Å². The second-order valence-corrected chi connectivity index (χ2v) is 5.90. The zero-order valence-electron chi connectivity index (χ0n) is 14.2. The molecule has 1 aliphatic heterocycles. The lowest BCUT2D eigenvalue weighted by atomic mass is 10.1. The number of aromatic nitrogens is 2. The van der Waals surface area contributed by atoms with E-state index in [1.54, 1.807) is 24.3 Å². The fourth-order valence-corrected chi connectivity index (χ4v) is 2.82. The summed E-state index contributed by atoms with van der Waals surface area (Å²) in [6.07, 6.45) is -3.26. The minimum absolute atomic E-state index is 0. The predicted octanol–water partition coefficient (Wildman–Crippen LogP) is -0.348. The van der Waals surface area contributed by atoms with E-state index in [-0.39, 0.29) is 24.6 Å². The number of carbonyl (C=O) groups is 1. The third kappa shape index (κ3) is 4.64. The number of halogens is 1. The predicted molar refractivity (Wildman–Crippen MR) is 97.2 cm³/mol. The van der Waals surface area contributed by atoms with Crippen LogP contribution in [0.15, 0.2) is 47.4 Å². The number of hydrogen-bond donors (Lipinski definition) is 3. The number of nitrogen functional groups attached to an aromatic ring is 1. The molecular formula is C17H20ClN3O6. The van der Waals surface area contributed by atoms with Gasteiger partial charge in [-0.2, -0.15) is 4.98 Å². The van der Waals surface area contributed by atoms with E-state index in [1.165, 1.54) is 12.3 Å². The highest BCUT2D eigenvalue weighted by atomic mass is 35.5. The maximum Gasteiger partial charge on any atom is 0.351 e. The molecule has 1 fully saturated rings. The zero-order valence-corrected chi connectivity index (χ0v) is 15.0. The van der Waals surface area contributed by atoms with E-state index >= 15 is 0 Å². The normalized spacial score (nSPS) is 24.2. The van der Waals surface area contributed by atoms with E-state index in [1.807, 2.05) is 6.07 Å². The lowest BCUT2D eigenvalue weighted by molar-refractivity contribution is -0.155. The van der Waals surface area contributed by atoms with Gasteiger partial charge in [0.15, 0.2) is 12.3 Å². The molecule has 0 bridgehead atoms. The zero-order chi connectivity index (χ0) is 18.7. The Morgan fingerprint density at radius 3 is 2.63 bits per heavy atom. The number of nitrogens with zero attached hydrogens (tertiary/aromatic N) is 2. The van der Waals surface area contributed by atoms with E-state index in [0.29, 0.717) is 0 Å². The summed E-state index contributed by atoms with van der Waals surface area (Å²) in [5.41, 5.74) is 5.48. The van der Waals surface area contributed by atoms with Crippen LogP contribution in [0.25, 0.3) is 0 Å². The maximum absolute atomic E-state index is 12.2. The van der Waals surface area contributed by atoms with Gasteiger partial charge >= 0.3 is 11.7 Å². The summed E-state index contributed by atoms with van der Waals surface area (Å²) >= 11 is 0. The molecule has 9 nitrogen and oxygen atoms in total. The molecule has 0 unspecified atom stereocenters. The Morgan fingerprint density at radius 1 is 1.30 bits per heavy atom. The second kappa shape index (κ2) is 8.96. The Bertz CT molecular complexity index is 831. The first-order valence-corrected chi connectivity index (χ1v) is 8.02. The van der Waals surface area contributed by atoms with Crippen LogP contribution < -0.4 is 11.4 Å². The minimum atomic E-state index is -1.35. The van der Waals surface area contributed by atoms with Crippen molar-refractivity contribution in [1.82, 2.24) is 9.55 Å². The number of anilines is 1. The van der Waals surface area contributed by atoms with E-state index < -0.39 is 42.8 Å². The van der Waals surface area contributed by atoms with Crippen LogP contribution in [0.1, 0.15) is 11.8 Å². The number of benzene rings is 1. The molecule has 1 aromatic carbocycles. The largest absolute Gasteiger partial charge is 0.456 e. The smallest absolute Gasteiger partial charge is 0.351 e. The highest BCUT2D eigenvalue weighted by Crippen LogP contribution is 2.30. The van der Waals surface area contributed by atoms with Gasteiger partial charge < -0.3 is 25.4 Å². The molecule has 0 aliphatic carbocycles. The molecule has 1 aromatic heterocycles. The van der Waals surface area contributed by atoms with Gasteiger partial charge in [0.05, 0.1) is 13.0 Å². The molecule has 10 heteroatoms. The molecule has 0 saturated carbocycles. The molecule has 27 heavy (non-hydrogen) atoms. The molecule has 4 N–H and O–H groups in total. The van der Waals surface area contributed by atoms with Crippen molar-refractivity contribution < 1.29 is 24.5 Å². The highest BCUT2D eigenvalue weighted by Gasteiger charge is 2.47. The Balaban J connectivity index is 0.00000261. The summed E-state index contributed by atoms with van der Waals surface area (Å²) in [5, 5.41) is 20.0. The molecule has 1 saturated heterocycles. The fraction of sp³-hybridized carbons (Fsp3) is 0.353. The van der Waals surface area contributed by atoms with Crippen LogP contribution in [-0.4, -0.2) is 50.7 Å². The lowest BCUT2D eigenvalue weighted by Crippen LogP contribution is -2.39. The van der Waals surface area contributed by atoms with Crippen molar-refractivity contribution in [3.63, 3.8) is 0 Å². The van der Waals surface area contributed by atoms with Crippen LogP contribution in [0.5, 0.6) is 0 Å². The topological polar surface area (TPSA) is 137 Å². The number of nitrogens with two attached hydrogens (primary N) is 1. The van der Waals surface area contributed by atoms with Crippen molar-refractivity contribution in [3.05, 3.63) is 58.6 Å². The van der Waals surface area contributed by atoms with E-state index in [0.717, 1.165) is 10.1 Å². The Labute approximate surface area is 160 Å². The van der Waals surface area contributed by atoms with Crippen LogP contribution in [0.4, 0.5) is 5.82 Å². The van der Waals surface area contributed by atoms with Crippen molar-refractivity contribution in [2.75, 3.05) is 12.3 Å². The standard InChI is InChI=1S/C17H19N3O6.ClH/c18-12-6-7-20(17(24)19-12)16-14(23)15(11(9-21)25-16)26-13(22)8-10-4-2-1-3-5-10;/h1-7,11,14-16,21,23H,8-9H2,(H2,18,19,24);1H/t11-,14+,15-,16-;/m1./s1. The maximum atomic E-state index is 12.2. The van der Waals surface area contributed by atoms with Gasteiger partial charge in [-0.15, -0.1) is 12.4 Å². The highest BCUT2D eigenvalue weighted by molar-refractivity contribution is 5.85. The van der Waals surface area contributed by atoms with Gasteiger partial charge in [-0.3, -0.25) is 9.36 Å². The average Bonchev–Trinajstić information content (AvgIpc) is 2.92. The van der Waals surface area contributed by atoms with Crippen LogP contribution in [0.2, 0.25) is 0 Å². The third-order valence-corrected chi connectivity index (χ3v) is 4.07. The molecule has 0 radical (unpaired) electrons. The number of carbonyl (C=O) groups excluding carboxylic acids is 1. The van der Waals surface area contributed by atoms with Crippen LogP contribution in [-0.2, 0) is 20.7 Å². The van der Waals surface area contributed by atoms with Crippen LogP contribution in [0.3, 0.4) is 0 Å². The van der Waals surface area contributed by atoms with Crippen molar-refractivity contribution in [1.29, 1.82) is 0 Å². The van der Waals surface area contributed by atoms with Gasteiger partial charge in [0.2, 0.25) is 0 Å². The number of rotatable bonds is 5. The number of esters is 1. The van der Waals surface area contributed by atoms with Gasteiger partial charge in [-0.05, 0) is 11.6 Å². The van der Waals surface area contributed by atoms with Gasteiger partial charge in [0, 0.05) is 6.20 Å². The molecule has 0 amide bonds. The summed E-state index contributed by atoms with van der Waals surface area (Å²) in [5.74, 6) is -0.547.